The van der Waals surface area contributed by atoms with Gasteiger partial charge >= 0.3 is 0 Å². The quantitative estimate of drug-likeness (QED) is 0.905. The van der Waals surface area contributed by atoms with E-state index in [0.29, 0.717) is 11.7 Å². The number of rotatable bonds is 3. The van der Waals surface area contributed by atoms with Crippen LogP contribution in [0.2, 0.25) is 0 Å². The summed E-state index contributed by atoms with van der Waals surface area (Å²) in [5.74, 6) is -0.130. The van der Waals surface area contributed by atoms with Crippen molar-refractivity contribution in [3.63, 3.8) is 0 Å². The highest BCUT2D eigenvalue weighted by molar-refractivity contribution is 5.50. The minimum Gasteiger partial charge on any atom is -0.366 e. The second-order valence-corrected chi connectivity index (χ2v) is 5.74. The SMILES string of the molecule is CC(N)Cc1ccc(N2CCN(C)C(C)C2)c(F)c1. The van der Waals surface area contributed by atoms with Gasteiger partial charge in [-0.1, -0.05) is 6.07 Å². The third-order valence-electron chi connectivity index (χ3n) is 3.87. The Morgan fingerprint density at radius 3 is 2.74 bits per heavy atom. The van der Waals surface area contributed by atoms with Crippen LogP contribution in [0.25, 0.3) is 0 Å². The molecule has 0 bridgehead atoms. The fraction of sp³-hybridized carbons (Fsp3) is 0.600. The van der Waals surface area contributed by atoms with Crippen LogP contribution in [-0.2, 0) is 6.42 Å². The molecule has 2 rings (SSSR count). The molecule has 1 aliphatic rings. The Kier molecular flexibility index (Phi) is 4.42. The topological polar surface area (TPSA) is 32.5 Å². The molecule has 0 aromatic heterocycles. The van der Waals surface area contributed by atoms with Crippen LogP contribution in [0.15, 0.2) is 18.2 Å². The van der Waals surface area contributed by atoms with Gasteiger partial charge in [0, 0.05) is 31.7 Å². The van der Waals surface area contributed by atoms with E-state index in [1.54, 1.807) is 6.07 Å². The highest BCUT2D eigenvalue weighted by atomic mass is 19.1. The number of piperazine rings is 1. The summed E-state index contributed by atoms with van der Waals surface area (Å²) >= 11 is 0. The second-order valence-electron chi connectivity index (χ2n) is 5.74. The average molecular weight is 265 g/mol. The molecule has 2 atom stereocenters. The fourth-order valence-electron chi connectivity index (χ4n) is 2.57. The van der Waals surface area contributed by atoms with Crippen LogP contribution in [0.3, 0.4) is 0 Å². The molecule has 0 amide bonds. The summed E-state index contributed by atoms with van der Waals surface area (Å²) in [5, 5.41) is 0. The first-order valence-corrected chi connectivity index (χ1v) is 6.96. The highest BCUT2D eigenvalue weighted by Crippen LogP contribution is 2.23. The smallest absolute Gasteiger partial charge is 0.146 e. The summed E-state index contributed by atoms with van der Waals surface area (Å²) in [6.07, 6.45) is 0.719. The highest BCUT2D eigenvalue weighted by Gasteiger charge is 2.22. The van der Waals surface area contributed by atoms with Gasteiger partial charge in [-0.05, 0) is 45.0 Å². The van der Waals surface area contributed by atoms with Crippen molar-refractivity contribution in [3.8, 4) is 0 Å². The molecule has 106 valence electrons. The lowest BCUT2D eigenvalue weighted by Crippen LogP contribution is -2.50. The second kappa shape index (κ2) is 5.88. The number of nitrogens with two attached hydrogens (primary N) is 1. The molecule has 1 heterocycles. The molecule has 4 heteroatoms. The van der Waals surface area contributed by atoms with E-state index >= 15 is 0 Å². The molecule has 1 aromatic rings. The first kappa shape index (κ1) is 14.3. The maximum Gasteiger partial charge on any atom is 0.146 e. The van der Waals surface area contributed by atoms with Gasteiger partial charge < -0.3 is 15.5 Å². The number of hydrogen-bond acceptors (Lipinski definition) is 3. The summed E-state index contributed by atoms with van der Waals surface area (Å²) in [7, 11) is 2.12. The fourth-order valence-corrected chi connectivity index (χ4v) is 2.57. The van der Waals surface area contributed by atoms with E-state index in [1.807, 2.05) is 19.1 Å². The van der Waals surface area contributed by atoms with Gasteiger partial charge in [0.1, 0.15) is 5.82 Å². The number of nitrogens with zero attached hydrogens (tertiary/aromatic N) is 2. The molecule has 1 fully saturated rings. The normalized spacial score (nSPS) is 22.6. The van der Waals surface area contributed by atoms with Crippen molar-refractivity contribution in [1.82, 2.24) is 4.90 Å². The van der Waals surface area contributed by atoms with Crippen LogP contribution in [0.4, 0.5) is 10.1 Å². The summed E-state index contributed by atoms with van der Waals surface area (Å²) in [6, 6.07) is 6.03. The van der Waals surface area contributed by atoms with Crippen molar-refractivity contribution in [2.24, 2.45) is 5.73 Å². The van der Waals surface area contributed by atoms with Crippen molar-refractivity contribution in [2.75, 3.05) is 31.6 Å². The Hall–Kier alpha value is -1.13. The van der Waals surface area contributed by atoms with Gasteiger partial charge in [-0.25, -0.2) is 4.39 Å². The Bertz CT molecular complexity index is 433. The maximum absolute atomic E-state index is 14.2. The molecule has 19 heavy (non-hydrogen) atoms. The number of likely N-dealkylation sites (N-methyl/N-ethyl adjacent to an activating group) is 1. The monoisotopic (exact) mass is 265 g/mol. The number of benzene rings is 1. The van der Waals surface area contributed by atoms with E-state index in [-0.39, 0.29) is 11.9 Å². The molecule has 1 aliphatic heterocycles. The van der Waals surface area contributed by atoms with Crippen molar-refractivity contribution >= 4 is 5.69 Å². The predicted molar refractivity (Wildman–Crippen MR) is 78.1 cm³/mol. The molecular formula is C15H24FN3. The molecule has 2 unspecified atom stereocenters. The minimum atomic E-state index is -0.130. The van der Waals surface area contributed by atoms with Gasteiger partial charge in [0.2, 0.25) is 0 Å². The zero-order chi connectivity index (χ0) is 14.0. The third kappa shape index (κ3) is 3.45. The van der Waals surface area contributed by atoms with E-state index < -0.39 is 0 Å². The lowest BCUT2D eigenvalue weighted by atomic mass is 10.1. The zero-order valence-electron chi connectivity index (χ0n) is 12.1. The van der Waals surface area contributed by atoms with E-state index in [1.165, 1.54) is 0 Å². The molecule has 0 aliphatic carbocycles. The number of hydrogen-bond donors (Lipinski definition) is 1. The van der Waals surface area contributed by atoms with Crippen molar-refractivity contribution in [1.29, 1.82) is 0 Å². The first-order chi connectivity index (χ1) is 8.97. The predicted octanol–water partition coefficient (Wildman–Crippen LogP) is 1.86. The Labute approximate surface area is 115 Å². The summed E-state index contributed by atoms with van der Waals surface area (Å²) in [4.78, 5) is 4.44. The van der Waals surface area contributed by atoms with E-state index in [0.717, 1.165) is 31.6 Å². The van der Waals surface area contributed by atoms with Gasteiger partial charge in [0.25, 0.3) is 0 Å². The molecule has 1 aromatic carbocycles. The van der Waals surface area contributed by atoms with Gasteiger partial charge in [0.15, 0.2) is 0 Å². The van der Waals surface area contributed by atoms with Crippen LogP contribution >= 0.6 is 0 Å². The maximum atomic E-state index is 14.2. The molecule has 2 N–H and O–H groups in total. The van der Waals surface area contributed by atoms with E-state index in [2.05, 4.69) is 23.8 Å². The largest absolute Gasteiger partial charge is 0.366 e. The average Bonchev–Trinajstić information content (AvgIpc) is 2.32. The lowest BCUT2D eigenvalue weighted by molar-refractivity contribution is 0.233. The lowest BCUT2D eigenvalue weighted by Gasteiger charge is -2.39. The standard InChI is InChI=1S/C15H24FN3/c1-11(17)8-13-4-5-15(14(16)9-13)19-7-6-18(3)12(2)10-19/h4-5,9,11-12H,6-8,10,17H2,1-3H3. The minimum absolute atomic E-state index is 0.0638. The van der Waals surface area contributed by atoms with Crippen molar-refractivity contribution in [3.05, 3.63) is 29.6 Å². The van der Waals surface area contributed by atoms with Crippen LogP contribution < -0.4 is 10.6 Å². The molecule has 0 saturated carbocycles. The number of halogens is 1. The van der Waals surface area contributed by atoms with E-state index in [4.69, 9.17) is 5.73 Å². The van der Waals surface area contributed by atoms with Crippen LogP contribution in [0.5, 0.6) is 0 Å². The first-order valence-electron chi connectivity index (χ1n) is 6.96. The molecule has 3 nitrogen and oxygen atoms in total. The van der Waals surface area contributed by atoms with Gasteiger partial charge in [-0.3, -0.25) is 0 Å². The van der Waals surface area contributed by atoms with Crippen molar-refractivity contribution < 1.29 is 4.39 Å². The van der Waals surface area contributed by atoms with Crippen molar-refractivity contribution in [2.45, 2.75) is 32.4 Å². The van der Waals surface area contributed by atoms with Gasteiger partial charge in [0.05, 0.1) is 5.69 Å². The molecule has 0 spiro atoms. The van der Waals surface area contributed by atoms with Crippen LogP contribution in [0.1, 0.15) is 19.4 Å². The molecular weight excluding hydrogens is 241 g/mol. The molecule has 1 saturated heterocycles. The van der Waals surface area contributed by atoms with E-state index in [9.17, 15) is 4.39 Å². The number of anilines is 1. The Balaban J connectivity index is 2.12. The zero-order valence-corrected chi connectivity index (χ0v) is 12.1. The third-order valence-corrected chi connectivity index (χ3v) is 3.87. The van der Waals surface area contributed by atoms with Gasteiger partial charge in [-0.2, -0.15) is 0 Å². The van der Waals surface area contributed by atoms with Crippen LogP contribution in [-0.4, -0.2) is 43.7 Å². The summed E-state index contributed by atoms with van der Waals surface area (Å²) in [6.45, 7) is 6.84. The molecule has 0 radical (unpaired) electrons. The Morgan fingerprint density at radius 1 is 1.42 bits per heavy atom. The Morgan fingerprint density at radius 2 is 2.16 bits per heavy atom. The van der Waals surface area contributed by atoms with Crippen LogP contribution in [0, 0.1) is 5.82 Å². The van der Waals surface area contributed by atoms with Gasteiger partial charge in [-0.15, -0.1) is 0 Å². The summed E-state index contributed by atoms with van der Waals surface area (Å²) < 4.78 is 14.2. The summed E-state index contributed by atoms with van der Waals surface area (Å²) in [5.41, 5.74) is 7.44.